The largest absolute Gasteiger partial charge is 0.457 e. The fraction of sp³-hybridized carbons (Fsp3) is 0.452. The second kappa shape index (κ2) is 11.6. The lowest BCUT2D eigenvalue weighted by atomic mass is 9.99. The molecule has 1 aliphatic heterocycles. The number of hydrogen-bond acceptors (Lipinski definition) is 7. The van der Waals surface area contributed by atoms with Crippen LogP contribution in [0.5, 0.6) is 11.5 Å². The van der Waals surface area contributed by atoms with Gasteiger partial charge in [-0.1, -0.05) is 23.7 Å². The smallest absolute Gasteiger partial charge is 0.408 e. The number of aromatic nitrogens is 2. The van der Waals surface area contributed by atoms with Gasteiger partial charge in [-0.2, -0.15) is 9.78 Å². The second-order valence-corrected chi connectivity index (χ2v) is 12.4. The molecule has 2 heterocycles. The Hall–Kier alpha value is -3.63. The lowest BCUT2D eigenvalue weighted by Crippen LogP contribution is -2.40. The van der Waals surface area contributed by atoms with Crippen LogP contribution in [0.25, 0.3) is 5.69 Å². The zero-order valence-corrected chi connectivity index (χ0v) is 25.0. The summed E-state index contributed by atoms with van der Waals surface area (Å²) in [6, 6.07) is 12.7. The number of nitrogens with zero attached hydrogens (tertiary/aromatic N) is 2. The first-order valence-electron chi connectivity index (χ1n) is 14.1. The van der Waals surface area contributed by atoms with Crippen LogP contribution in [0, 0.1) is 6.92 Å². The first kappa shape index (κ1) is 29.8. The molecule has 1 aliphatic carbocycles. The quantitative estimate of drug-likeness (QED) is 0.308. The molecule has 0 radical (unpaired) electrons. The Labute approximate surface area is 249 Å². The second-order valence-electron chi connectivity index (χ2n) is 12.0. The topological polar surface area (TPSA) is 104 Å². The molecular weight excluding hydrogens is 563 g/mol. The maximum atomic E-state index is 14.9. The van der Waals surface area contributed by atoms with Gasteiger partial charge in [0.15, 0.2) is 5.67 Å². The lowest BCUT2D eigenvalue weighted by molar-refractivity contribution is -0.0234. The van der Waals surface area contributed by atoms with E-state index in [1.54, 1.807) is 24.3 Å². The van der Waals surface area contributed by atoms with Gasteiger partial charge in [0.05, 0.1) is 36.3 Å². The molecule has 1 saturated carbocycles. The van der Waals surface area contributed by atoms with Crippen molar-refractivity contribution < 1.29 is 23.4 Å². The zero-order valence-electron chi connectivity index (χ0n) is 24.3. The third-order valence-corrected chi connectivity index (χ3v) is 7.68. The molecule has 1 amide bonds. The monoisotopic (exact) mass is 598 g/mol. The summed E-state index contributed by atoms with van der Waals surface area (Å²) in [5.74, 6) is 1.24. The Kier molecular flexibility index (Phi) is 8.22. The van der Waals surface area contributed by atoms with Gasteiger partial charge < -0.3 is 24.8 Å². The molecule has 0 unspecified atom stereocenters. The summed E-state index contributed by atoms with van der Waals surface area (Å²) in [4.78, 5) is 25.3. The van der Waals surface area contributed by atoms with Crippen LogP contribution in [0.2, 0.25) is 5.02 Å². The van der Waals surface area contributed by atoms with Crippen molar-refractivity contribution in [1.82, 2.24) is 15.1 Å². The Morgan fingerprint density at radius 2 is 1.90 bits per heavy atom. The molecule has 3 aromatic rings. The molecule has 1 atom stereocenters. The van der Waals surface area contributed by atoms with E-state index < -0.39 is 28.5 Å². The molecule has 2 fully saturated rings. The maximum Gasteiger partial charge on any atom is 0.408 e. The first-order valence-corrected chi connectivity index (χ1v) is 14.4. The molecule has 42 heavy (non-hydrogen) atoms. The first-order chi connectivity index (χ1) is 19.9. The van der Waals surface area contributed by atoms with Crippen LogP contribution in [-0.4, -0.2) is 46.9 Å². The molecule has 11 heteroatoms. The SMILES string of the molecule is Cc1cc(C2(NC(=O)OC(C)(C)C)CC2)ccc1Oc1ccc(-n2ncc(NC[C@]3(F)CCCOC3)c(Cl)c2=O)cc1. The minimum absolute atomic E-state index is 0.00624. The van der Waals surface area contributed by atoms with Crippen LogP contribution < -0.4 is 20.9 Å². The minimum Gasteiger partial charge on any atom is -0.457 e. The average Bonchev–Trinajstić information content (AvgIpc) is 3.71. The van der Waals surface area contributed by atoms with E-state index in [9.17, 15) is 14.0 Å². The van der Waals surface area contributed by atoms with Gasteiger partial charge in [-0.15, -0.1) is 0 Å². The number of ether oxygens (including phenoxy) is 3. The van der Waals surface area contributed by atoms with Gasteiger partial charge in [0, 0.05) is 6.61 Å². The van der Waals surface area contributed by atoms with E-state index in [2.05, 4.69) is 15.7 Å². The van der Waals surface area contributed by atoms with Crippen LogP contribution in [0.3, 0.4) is 0 Å². The van der Waals surface area contributed by atoms with Crippen molar-refractivity contribution in [3.8, 4) is 17.2 Å². The highest BCUT2D eigenvalue weighted by Crippen LogP contribution is 2.46. The molecule has 1 saturated heterocycles. The van der Waals surface area contributed by atoms with Gasteiger partial charge in [-0.25, -0.2) is 9.18 Å². The van der Waals surface area contributed by atoms with Gasteiger partial charge in [0.2, 0.25) is 0 Å². The van der Waals surface area contributed by atoms with Gasteiger partial charge >= 0.3 is 6.09 Å². The molecule has 9 nitrogen and oxygen atoms in total. The highest BCUT2D eigenvalue weighted by molar-refractivity contribution is 6.32. The van der Waals surface area contributed by atoms with Crippen molar-refractivity contribution in [2.45, 2.75) is 70.2 Å². The van der Waals surface area contributed by atoms with E-state index in [1.165, 1.54) is 10.9 Å². The number of amides is 1. The third kappa shape index (κ3) is 6.87. The number of alkyl halides is 1. The van der Waals surface area contributed by atoms with Crippen molar-refractivity contribution in [2.75, 3.05) is 25.1 Å². The Morgan fingerprint density at radius 3 is 2.52 bits per heavy atom. The molecule has 2 N–H and O–H groups in total. The van der Waals surface area contributed by atoms with Gasteiger partial charge in [-0.3, -0.25) is 4.79 Å². The van der Waals surface area contributed by atoms with Crippen molar-refractivity contribution >= 4 is 23.4 Å². The van der Waals surface area contributed by atoms with Crippen molar-refractivity contribution in [2.24, 2.45) is 0 Å². The number of nitrogens with one attached hydrogen (secondary N) is 2. The summed E-state index contributed by atoms with van der Waals surface area (Å²) in [5, 5.41) is 10.1. The molecule has 2 aromatic carbocycles. The molecule has 0 spiro atoms. The van der Waals surface area contributed by atoms with Crippen LogP contribution >= 0.6 is 11.6 Å². The summed E-state index contributed by atoms with van der Waals surface area (Å²) in [5.41, 5.74) is -0.334. The summed E-state index contributed by atoms with van der Waals surface area (Å²) in [6.45, 7) is 8.00. The van der Waals surface area contributed by atoms with Gasteiger partial charge in [0.25, 0.3) is 5.56 Å². The zero-order chi connectivity index (χ0) is 30.1. The van der Waals surface area contributed by atoms with E-state index in [4.69, 9.17) is 25.8 Å². The number of carbonyl (C=O) groups excluding carboxylic acids is 1. The summed E-state index contributed by atoms with van der Waals surface area (Å²) in [7, 11) is 0. The molecular formula is C31H36ClFN4O5. The number of halogens is 2. The fourth-order valence-electron chi connectivity index (χ4n) is 4.91. The molecule has 0 bridgehead atoms. The van der Waals surface area contributed by atoms with Crippen molar-refractivity contribution in [1.29, 1.82) is 0 Å². The minimum atomic E-state index is -1.51. The Balaban J connectivity index is 1.24. The molecule has 5 rings (SSSR count). The Bertz CT molecular complexity index is 1510. The number of rotatable bonds is 8. The number of alkyl carbamates (subject to hydrolysis) is 1. The van der Waals surface area contributed by atoms with Crippen LogP contribution in [-0.2, 0) is 15.0 Å². The number of aryl methyl sites for hydroxylation is 1. The van der Waals surface area contributed by atoms with Crippen molar-refractivity contribution in [3.63, 3.8) is 0 Å². The number of carbonyl (C=O) groups is 1. The predicted octanol–water partition coefficient (Wildman–Crippen LogP) is 6.43. The number of benzene rings is 2. The van der Waals surface area contributed by atoms with E-state index in [0.29, 0.717) is 36.6 Å². The maximum absolute atomic E-state index is 14.9. The van der Waals surface area contributed by atoms with E-state index in [1.807, 2.05) is 45.9 Å². The molecule has 224 valence electrons. The Morgan fingerprint density at radius 1 is 1.17 bits per heavy atom. The van der Waals surface area contributed by atoms with E-state index in [-0.39, 0.29) is 23.9 Å². The van der Waals surface area contributed by atoms with Crippen LogP contribution in [0.15, 0.2) is 53.5 Å². The van der Waals surface area contributed by atoms with Crippen LogP contribution in [0.1, 0.15) is 57.6 Å². The number of anilines is 1. The normalized spacial score (nSPS) is 19.6. The fourth-order valence-corrected chi connectivity index (χ4v) is 5.10. The summed E-state index contributed by atoms with van der Waals surface area (Å²) < 4.78 is 32.8. The van der Waals surface area contributed by atoms with E-state index in [0.717, 1.165) is 24.0 Å². The van der Waals surface area contributed by atoms with Crippen LogP contribution in [0.4, 0.5) is 14.9 Å². The summed E-state index contributed by atoms with van der Waals surface area (Å²) >= 11 is 6.33. The van der Waals surface area contributed by atoms with E-state index >= 15 is 0 Å². The lowest BCUT2D eigenvalue weighted by Gasteiger charge is -2.29. The average molecular weight is 599 g/mol. The van der Waals surface area contributed by atoms with Gasteiger partial charge in [-0.05, 0) is 94.8 Å². The summed E-state index contributed by atoms with van der Waals surface area (Å²) in [6.07, 6.45) is 3.69. The predicted molar refractivity (Wildman–Crippen MR) is 159 cm³/mol. The highest BCUT2D eigenvalue weighted by atomic mass is 35.5. The van der Waals surface area contributed by atoms with Gasteiger partial charge in [0.1, 0.15) is 22.1 Å². The molecule has 2 aliphatic rings. The number of hydrogen-bond donors (Lipinski definition) is 2. The standard InChI is InChI=1S/C31H36ClFN4O5/c1-20-16-21(31(13-14-31)36-28(39)42-29(2,3)4)6-11-25(20)41-23-9-7-22(8-10-23)37-27(38)26(32)24(17-35-37)34-18-30(33)12-5-15-40-19-30/h6-11,16-17,34H,5,12-15,18-19H2,1-4H3,(H,36,39)/t30-/m1/s1. The van der Waals surface area contributed by atoms with Crippen molar-refractivity contribution in [3.05, 3.63) is 75.2 Å². The third-order valence-electron chi connectivity index (χ3n) is 7.32. The molecule has 1 aromatic heterocycles. The highest BCUT2D eigenvalue weighted by Gasteiger charge is 2.46.